The second-order valence-electron chi connectivity index (χ2n) is 6.34. The highest BCUT2D eigenvalue weighted by Crippen LogP contribution is 2.15. The normalized spacial score (nSPS) is 12.4. The molecule has 1 amide bonds. The molecule has 0 saturated carbocycles. The van der Waals surface area contributed by atoms with E-state index in [1.54, 1.807) is 0 Å². The fraction of sp³-hybridized carbons (Fsp3) is 0.611. The summed E-state index contributed by atoms with van der Waals surface area (Å²) in [5.41, 5.74) is 7.11. The van der Waals surface area contributed by atoms with Crippen LogP contribution in [0.15, 0.2) is 30.3 Å². The second-order valence-corrected chi connectivity index (χ2v) is 6.34. The molecule has 118 valence electrons. The molecule has 0 radical (unpaired) electrons. The van der Waals surface area contributed by atoms with Crippen molar-refractivity contribution in [3.05, 3.63) is 35.9 Å². The highest BCUT2D eigenvalue weighted by molar-refractivity contribution is 5.76. The Morgan fingerprint density at radius 2 is 1.90 bits per heavy atom. The lowest BCUT2D eigenvalue weighted by molar-refractivity contribution is -0.131. The van der Waals surface area contributed by atoms with Crippen LogP contribution in [0.4, 0.5) is 0 Å². The van der Waals surface area contributed by atoms with E-state index in [-0.39, 0.29) is 5.91 Å². The SMILES string of the molecule is CC(C)CC(CN)CC(=O)N(C)CCCc1ccccc1. The summed E-state index contributed by atoms with van der Waals surface area (Å²) in [7, 11) is 1.90. The van der Waals surface area contributed by atoms with E-state index in [1.165, 1.54) is 5.56 Å². The van der Waals surface area contributed by atoms with Crippen molar-refractivity contribution in [1.29, 1.82) is 0 Å². The van der Waals surface area contributed by atoms with Gasteiger partial charge in [0.2, 0.25) is 5.91 Å². The number of aryl methyl sites for hydroxylation is 1. The predicted octanol–water partition coefficient (Wildman–Crippen LogP) is 3.09. The topological polar surface area (TPSA) is 46.3 Å². The Bertz CT molecular complexity index is 403. The average molecular weight is 290 g/mol. The molecule has 21 heavy (non-hydrogen) atoms. The van der Waals surface area contributed by atoms with Gasteiger partial charge in [-0.2, -0.15) is 0 Å². The first-order chi connectivity index (χ1) is 10.0. The van der Waals surface area contributed by atoms with Gasteiger partial charge in [-0.05, 0) is 43.2 Å². The first-order valence-corrected chi connectivity index (χ1v) is 8.00. The molecular weight excluding hydrogens is 260 g/mol. The Morgan fingerprint density at radius 3 is 2.48 bits per heavy atom. The van der Waals surface area contributed by atoms with Crippen LogP contribution in [0.5, 0.6) is 0 Å². The maximum atomic E-state index is 12.2. The first-order valence-electron chi connectivity index (χ1n) is 8.00. The van der Waals surface area contributed by atoms with E-state index >= 15 is 0 Å². The van der Waals surface area contributed by atoms with E-state index < -0.39 is 0 Å². The van der Waals surface area contributed by atoms with E-state index in [0.29, 0.717) is 24.8 Å². The number of benzene rings is 1. The summed E-state index contributed by atoms with van der Waals surface area (Å²) in [6.07, 6.45) is 3.63. The summed E-state index contributed by atoms with van der Waals surface area (Å²) >= 11 is 0. The van der Waals surface area contributed by atoms with Crippen molar-refractivity contribution in [3.8, 4) is 0 Å². The van der Waals surface area contributed by atoms with Crippen LogP contribution in [0, 0.1) is 11.8 Å². The molecule has 0 aliphatic rings. The monoisotopic (exact) mass is 290 g/mol. The smallest absolute Gasteiger partial charge is 0.222 e. The van der Waals surface area contributed by atoms with Crippen LogP contribution in [0.25, 0.3) is 0 Å². The van der Waals surface area contributed by atoms with Crippen LogP contribution >= 0.6 is 0 Å². The molecule has 3 nitrogen and oxygen atoms in total. The Hall–Kier alpha value is -1.35. The molecule has 0 spiro atoms. The number of rotatable bonds is 9. The Morgan fingerprint density at radius 1 is 1.24 bits per heavy atom. The summed E-state index contributed by atoms with van der Waals surface area (Å²) in [6, 6.07) is 10.4. The van der Waals surface area contributed by atoms with Crippen LogP contribution in [0.1, 0.15) is 38.7 Å². The second kappa shape index (κ2) is 9.56. The molecule has 1 aromatic rings. The lowest BCUT2D eigenvalue weighted by Gasteiger charge is -2.22. The van der Waals surface area contributed by atoms with Crippen molar-refractivity contribution in [3.63, 3.8) is 0 Å². The first kappa shape index (κ1) is 17.7. The van der Waals surface area contributed by atoms with E-state index in [2.05, 4.69) is 38.1 Å². The zero-order valence-electron chi connectivity index (χ0n) is 13.7. The lowest BCUT2D eigenvalue weighted by atomic mass is 9.94. The standard InChI is InChI=1S/C18H30N2O/c1-15(2)12-17(14-19)13-18(21)20(3)11-7-10-16-8-5-4-6-9-16/h4-6,8-9,15,17H,7,10-14,19H2,1-3H3. The van der Waals surface area contributed by atoms with Gasteiger partial charge in [-0.25, -0.2) is 0 Å². The van der Waals surface area contributed by atoms with Crippen LogP contribution in [0.2, 0.25) is 0 Å². The maximum Gasteiger partial charge on any atom is 0.222 e. The zero-order chi connectivity index (χ0) is 15.7. The molecule has 0 fully saturated rings. The molecule has 0 heterocycles. The summed E-state index contributed by atoms with van der Waals surface area (Å²) in [5, 5.41) is 0. The van der Waals surface area contributed by atoms with Gasteiger partial charge < -0.3 is 10.6 Å². The Balaban J connectivity index is 2.30. The van der Waals surface area contributed by atoms with Gasteiger partial charge >= 0.3 is 0 Å². The van der Waals surface area contributed by atoms with Crippen LogP contribution in [0.3, 0.4) is 0 Å². The van der Waals surface area contributed by atoms with Crippen LogP contribution in [-0.2, 0) is 11.2 Å². The molecule has 0 aromatic heterocycles. The molecule has 1 aromatic carbocycles. The molecule has 1 rings (SSSR count). The van der Waals surface area contributed by atoms with E-state index in [1.807, 2.05) is 18.0 Å². The molecule has 2 N–H and O–H groups in total. The number of hydrogen-bond acceptors (Lipinski definition) is 2. The third-order valence-electron chi connectivity index (χ3n) is 3.83. The fourth-order valence-electron chi connectivity index (χ4n) is 2.62. The minimum atomic E-state index is 0.221. The molecule has 1 atom stereocenters. The predicted molar refractivity (Wildman–Crippen MR) is 89.0 cm³/mol. The summed E-state index contributed by atoms with van der Waals surface area (Å²) in [6.45, 7) is 5.77. The molecule has 0 saturated heterocycles. The summed E-state index contributed by atoms with van der Waals surface area (Å²) < 4.78 is 0. The van der Waals surface area contributed by atoms with Gasteiger partial charge in [-0.1, -0.05) is 44.2 Å². The molecule has 0 aliphatic carbocycles. The highest BCUT2D eigenvalue weighted by Gasteiger charge is 2.16. The minimum Gasteiger partial charge on any atom is -0.346 e. The third kappa shape index (κ3) is 7.28. The minimum absolute atomic E-state index is 0.221. The molecule has 3 heteroatoms. The maximum absolute atomic E-state index is 12.2. The van der Waals surface area contributed by atoms with Crippen molar-refractivity contribution in [2.75, 3.05) is 20.1 Å². The van der Waals surface area contributed by atoms with Gasteiger partial charge in [-0.3, -0.25) is 4.79 Å². The number of carbonyl (C=O) groups excluding carboxylic acids is 1. The van der Waals surface area contributed by atoms with Gasteiger partial charge in [0.25, 0.3) is 0 Å². The average Bonchev–Trinajstić information content (AvgIpc) is 2.46. The number of amides is 1. The van der Waals surface area contributed by atoms with Gasteiger partial charge in [0.05, 0.1) is 0 Å². The summed E-state index contributed by atoms with van der Waals surface area (Å²) in [4.78, 5) is 14.1. The van der Waals surface area contributed by atoms with Gasteiger partial charge in [0, 0.05) is 20.0 Å². The van der Waals surface area contributed by atoms with Gasteiger partial charge in [0.1, 0.15) is 0 Å². The van der Waals surface area contributed by atoms with Crippen molar-refractivity contribution in [1.82, 2.24) is 4.90 Å². The number of nitrogens with zero attached hydrogens (tertiary/aromatic N) is 1. The van der Waals surface area contributed by atoms with E-state index in [4.69, 9.17) is 5.73 Å². The Labute approximate surface area is 129 Å². The quantitative estimate of drug-likeness (QED) is 0.759. The fourth-order valence-corrected chi connectivity index (χ4v) is 2.62. The molecule has 0 bridgehead atoms. The number of hydrogen-bond donors (Lipinski definition) is 1. The van der Waals surface area contributed by atoms with Gasteiger partial charge in [0.15, 0.2) is 0 Å². The van der Waals surface area contributed by atoms with Crippen molar-refractivity contribution in [2.45, 2.75) is 39.5 Å². The largest absolute Gasteiger partial charge is 0.346 e. The third-order valence-corrected chi connectivity index (χ3v) is 3.83. The Kier molecular flexibility index (Phi) is 8.06. The van der Waals surface area contributed by atoms with Gasteiger partial charge in [-0.15, -0.1) is 0 Å². The van der Waals surface area contributed by atoms with E-state index in [0.717, 1.165) is 25.8 Å². The van der Waals surface area contributed by atoms with Crippen LogP contribution < -0.4 is 5.73 Å². The number of nitrogens with two attached hydrogens (primary N) is 1. The highest BCUT2D eigenvalue weighted by atomic mass is 16.2. The lowest BCUT2D eigenvalue weighted by Crippen LogP contribution is -2.31. The van der Waals surface area contributed by atoms with Crippen molar-refractivity contribution in [2.24, 2.45) is 17.6 Å². The van der Waals surface area contributed by atoms with E-state index in [9.17, 15) is 4.79 Å². The zero-order valence-corrected chi connectivity index (χ0v) is 13.7. The van der Waals surface area contributed by atoms with Crippen LogP contribution in [-0.4, -0.2) is 30.9 Å². The van der Waals surface area contributed by atoms with Crippen molar-refractivity contribution < 1.29 is 4.79 Å². The summed E-state index contributed by atoms with van der Waals surface area (Å²) in [5.74, 6) is 1.13. The number of carbonyl (C=O) groups is 1. The molecule has 1 unspecified atom stereocenters. The molecule has 0 aliphatic heterocycles. The molecular formula is C18H30N2O. The van der Waals surface area contributed by atoms with Crippen molar-refractivity contribution >= 4 is 5.91 Å².